The third-order valence-corrected chi connectivity index (χ3v) is 6.08. The molecule has 3 aromatic rings. The van der Waals surface area contributed by atoms with Crippen LogP contribution in [0.25, 0.3) is 11.0 Å². The normalized spacial score (nSPS) is 19.7. The van der Waals surface area contributed by atoms with Gasteiger partial charge in [0, 0.05) is 37.4 Å². The van der Waals surface area contributed by atoms with Crippen LogP contribution < -0.4 is 5.63 Å². The standard InChI is InChI=1S/C22H24N4O3/c27-21(17-13-15-7-3-4-9-18(15)29-22(17)28)25-11-6-8-16(14-25)20-24-23-19-10-2-1-5-12-26(19)20/h3-4,7,9,13,16H,1-2,5-6,8,10-12,14H2/t16-/m1/s1. The minimum Gasteiger partial charge on any atom is -0.422 e. The van der Waals surface area contributed by atoms with Crippen molar-refractivity contribution in [3.8, 4) is 0 Å². The zero-order chi connectivity index (χ0) is 19.8. The Balaban J connectivity index is 1.41. The Morgan fingerprint density at radius 1 is 1.07 bits per heavy atom. The molecule has 29 heavy (non-hydrogen) atoms. The van der Waals surface area contributed by atoms with Crippen molar-refractivity contribution in [2.75, 3.05) is 13.1 Å². The largest absolute Gasteiger partial charge is 0.422 e. The molecule has 0 saturated carbocycles. The van der Waals surface area contributed by atoms with E-state index >= 15 is 0 Å². The quantitative estimate of drug-likeness (QED) is 0.626. The lowest BCUT2D eigenvalue weighted by molar-refractivity contribution is 0.0699. The minimum absolute atomic E-state index is 0.101. The van der Waals surface area contributed by atoms with Crippen LogP contribution >= 0.6 is 0 Å². The Hall–Kier alpha value is -2.96. The van der Waals surface area contributed by atoms with Crippen LogP contribution in [0.4, 0.5) is 0 Å². The average Bonchev–Trinajstić information content (AvgIpc) is 3.01. The Morgan fingerprint density at radius 3 is 2.90 bits per heavy atom. The van der Waals surface area contributed by atoms with Crippen LogP contribution in [0.3, 0.4) is 0 Å². The first-order chi connectivity index (χ1) is 14.2. The Morgan fingerprint density at radius 2 is 1.97 bits per heavy atom. The van der Waals surface area contributed by atoms with E-state index in [0.29, 0.717) is 18.7 Å². The molecular formula is C22H24N4O3. The number of aryl methyl sites for hydroxylation is 1. The Kier molecular flexibility index (Phi) is 4.66. The van der Waals surface area contributed by atoms with Crippen molar-refractivity contribution < 1.29 is 9.21 Å². The molecule has 2 aliphatic rings. The first-order valence-corrected chi connectivity index (χ1v) is 10.4. The lowest BCUT2D eigenvalue weighted by Crippen LogP contribution is -2.41. The molecule has 0 aliphatic carbocycles. The molecule has 1 atom stereocenters. The highest BCUT2D eigenvalue weighted by Gasteiger charge is 2.31. The summed E-state index contributed by atoms with van der Waals surface area (Å²) < 4.78 is 7.62. The van der Waals surface area contributed by atoms with Gasteiger partial charge in [-0.25, -0.2) is 4.79 Å². The van der Waals surface area contributed by atoms with Gasteiger partial charge in [0.1, 0.15) is 22.8 Å². The fraction of sp³-hybridized carbons (Fsp3) is 0.455. The minimum atomic E-state index is -0.577. The van der Waals surface area contributed by atoms with Crippen LogP contribution in [0.15, 0.2) is 39.5 Å². The monoisotopic (exact) mass is 392 g/mol. The number of hydrogen-bond donors (Lipinski definition) is 0. The van der Waals surface area contributed by atoms with E-state index in [1.54, 1.807) is 17.0 Å². The van der Waals surface area contributed by atoms with Crippen LogP contribution in [0.5, 0.6) is 0 Å². The molecule has 2 aliphatic heterocycles. The van der Waals surface area contributed by atoms with Crippen LogP contribution in [0.2, 0.25) is 0 Å². The van der Waals surface area contributed by atoms with Crippen molar-refractivity contribution in [1.29, 1.82) is 0 Å². The number of carbonyl (C=O) groups is 1. The number of likely N-dealkylation sites (tertiary alicyclic amines) is 1. The topological polar surface area (TPSA) is 81.2 Å². The molecule has 0 spiro atoms. The van der Waals surface area contributed by atoms with Crippen molar-refractivity contribution in [1.82, 2.24) is 19.7 Å². The highest BCUT2D eigenvalue weighted by Crippen LogP contribution is 2.28. The number of carbonyl (C=O) groups excluding carboxylic acids is 1. The number of benzene rings is 1. The smallest absolute Gasteiger partial charge is 0.349 e. The maximum absolute atomic E-state index is 13.1. The van der Waals surface area contributed by atoms with Gasteiger partial charge >= 0.3 is 5.63 Å². The van der Waals surface area contributed by atoms with Gasteiger partial charge in [0.05, 0.1) is 0 Å². The molecule has 4 heterocycles. The van der Waals surface area contributed by atoms with Gasteiger partial charge in [-0.15, -0.1) is 10.2 Å². The summed E-state index contributed by atoms with van der Waals surface area (Å²) in [5, 5.41) is 9.65. The van der Waals surface area contributed by atoms with Gasteiger partial charge in [-0.2, -0.15) is 0 Å². The molecule has 1 amide bonds. The molecule has 150 valence electrons. The van der Waals surface area contributed by atoms with E-state index < -0.39 is 5.63 Å². The van der Waals surface area contributed by atoms with Gasteiger partial charge in [-0.1, -0.05) is 24.6 Å². The van der Waals surface area contributed by atoms with E-state index in [4.69, 9.17) is 4.42 Å². The molecule has 0 unspecified atom stereocenters. The lowest BCUT2D eigenvalue weighted by Gasteiger charge is -2.32. The average molecular weight is 392 g/mol. The number of nitrogens with zero attached hydrogens (tertiary/aromatic N) is 4. The first-order valence-electron chi connectivity index (χ1n) is 10.4. The van der Waals surface area contributed by atoms with E-state index in [-0.39, 0.29) is 17.4 Å². The van der Waals surface area contributed by atoms with Gasteiger partial charge in [-0.3, -0.25) is 4.79 Å². The second-order valence-corrected chi connectivity index (χ2v) is 8.01. The molecule has 0 bridgehead atoms. The molecule has 1 fully saturated rings. The lowest BCUT2D eigenvalue weighted by atomic mass is 9.96. The summed E-state index contributed by atoms with van der Waals surface area (Å²) in [6, 6.07) is 8.91. The van der Waals surface area contributed by atoms with Gasteiger partial charge in [0.25, 0.3) is 5.91 Å². The fourth-order valence-electron chi connectivity index (χ4n) is 4.56. The number of amides is 1. The van der Waals surface area contributed by atoms with Gasteiger partial charge in [-0.05, 0) is 37.8 Å². The van der Waals surface area contributed by atoms with E-state index in [2.05, 4.69) is 14.8 Å². The SMILES string of the molecule is O=C(c1cc2ccccc2oc1=O)N1CCC[C@@H](c2nnc3n2CCCCC3)C1. The van der Waals surface area contributed by atoms with Crippen molar-refractivity contribution in [3.63, 3.8) is 0 Å². The second kappa shape index (κ2) is 7.46. The summed E-state index contributed by atoms with van der Waals surface area (Å²) in [7, 11) is 0. The van der Waals surface area contributed by atoms with Gasteiger partial charge in [0.2, 0.25) is 0 Å². The number of para-hydroxylation sites is 1. The molecule has 7 heteroatoms. The number of hydrogen-bond acceptors (Lipinski definition) is 5. The number of aromatic nitrogens is 3. The number of fused-ring (bicyclic) bond motifs is 2. The molecule has 5 rings (SSSR count). The third kappa shape index (κ3) is 3.34. The van der Waals surface area contributed by atoms with Crippen molar-refractivity contribution >= 4 is 16.9 Å². The predicted octanol–water partition coefficient (Wildman–Crippen LogP) is 3.13. The van der Waals surface area contributed by atoms with Crippen LogP contribution in [-0.4, -0.2) is 38.7 Å². The third-order valence-electron chi connectivity index (χ3n) is 6.08. The molecule has 2 aromatic heterocycles. The molecule has 0 radical (unpaired) electrons. The second-order valence-electron chi connectivity index (χ2n) is 8.01. The molecule has 7 nitrogen and oxygen atoms in total. The predicted molar refractivity (Wildman–Crippen MR) is 108 cm³/mol. The summed E-state index contributed by atoms with van der Waals surface area (Å²) in [4.78, 5) is 27.3. The van der Waals surface area contributed by atoms with Crippen LogP contribution in [0, 0.1) is 0 Å². The zero-order valence-corrected chi connectivity index (χ0v) is 16.3. The molecule has 0 N–H and O–H groups in total. The highest BCUT2D eigenvalue weighted by atomic mass is 16.4. The summed E-state index contributed by atoms with van der Waals surface area (Å²) in [5.74, 6) is 1.95. The van der Waals surface area contributed by atoms with E-state index in [1.165, 1.54) is 6.42 Å². The van der Waals surface area contributed by atoms with Crippen LogP contribution in [0.1, 0.15) is 60.0 Å². The number of piperidine rings is 1. The Bertz CT molecular complexity index is 1120. The maximum Gasteiger partial charge on any atom is 0.349 e. The van der Waals surface area contributed by atoms with Gasteiger partial charge in [0.15, 0.2) is 0 Å². The summed E-state index contributed by atoms with van der Waals surface area (Å²) >= 11 is 0. The number of rotatable bonds is 2. The van der Waals surface area contributed by atoms with Crippen molar-refractivity contribution in [3.05, 3.63) is 58.0 Å². The first kappa shape index (κ1) is 18.1. The molecular weight excluding hydrogens is 368 g/mol. The fourth-order valence-corrected chi connectivity index (χ4v) is 4.56. The Labute approximate surface area is 168 Å². The zero-order valence-electron chi connectivity index (χ0n) is 16.3. The highest BCUT2D eigenvalue weighted by molar-refractivity contribution is 5.96. The van der Waals surface area contributed by atoms with Gasteiger partial charge < -0.3 is 13.9 Å². The van der Waals surface area contributed by atoms with E-state index in [9.17, 15) is 9.59 Å². The summed E-state index contributed by atoms with van der Waals surface area (Å²) in [6.45, 7) is 2.15. The van der Waals surface area contributed by atoms with Crippen molar-refractivity contribution in [2.45, 2.75) is 51.0 Å². The summed E-state index contributed by atoms with van der Waals surface area (Å²) in [6.07, 6.45) is 6.36. The summed E-state index contributed by atoms with van der Waals surface area (Å²) in [5.41, 5.74) is 0.0216. The molecule has 1 saturated heterocycles. The van der Waals surface area contributed by atoms with Crippen LogP contribution in [-0.2, 0) is 13.0 Å². The van der Waals surface area contributed by atoms with Crippen molar-refractivity contribution in [2.24, 2.45) is 0 Å². The maximum atomic E-state index is 13.1. The molecule has 1 aromatic carbocycles. The van der Waals surface area contributed by atoms with E-state index in [1.807, 2.05) is 18.2 Å². The van der Waals surface area contributed by atoms with E-state index in [0.717, 1.165) is 55.7 Å².